The average Bonchev–Trinajstić information content (AvgIpc) is 3.13. The van der Waals surface area contributed by atoms with Crippen molar-refractivity contribution in [2.45, 2.75) is 33.2 Å². The van der Waals surface area contributed by atoms with E-state index in [2.05, 4.69) is 31.1 Å². The Morgan fingerprint density at radius 1 is 1.27 bits per heavy atom. The van der Waals surface area contributed by atoms with Gasteiger partial charge in [0, 0.05) is 25.2 Å². The van der Waals surface area contributed by atoms with E-state index in [0.717, 1.165) is 11.3 Å². The van der Waals surface area contributed by atoms with Crippen molar-refractivity contribution < 1.29 is 13.2 Å². The normalized spacial score (nSPS) is 18.8. The molecule has 1 unspecified atom stereocenters. The average molecular weight is 375 g/mol. The molecule has 7 heteroatoms. The molecule has 0 saturated carbocycles. The van der Waals surface area contributed by atoms with Gasteiger partial charge >= 0.3 is 0 Å². The Balaban J connectivity index is 1.89. The van der Waals surface area contributed by atoms with Gasteiger partial charge in [-0.15, -0.1) is 0 Å². The van der Waals surface area contributed by atoms with Crippen molar-refractivity contribution in [1.29, 1.82) is 0 Å². The standard InChI is InChI=1S/C19H25N3O3S/c1-5-22(16-8-9-26(24,25)12-16)19(23)17-11-18(21(4)20-17)15-7-6-13(2)14(3)10-15/h6-7,10-11,16H,5,8-9,12H2,1-4H3. The first kappa shape index (κ1) is 18.6. The van der Waals surface area contributed by atoms with E-state index in [9.17, 15) is 13.2 Å². The van der Waals surface area contributed by atoms with E-state index in [-0.39, 0.29) is 23.5 Å². The van der Waals surface area contributed by atoms with Crippen LogP contribution in [0.3, 0.4) is 0 Å². The lowest BCUT2D eigenvalue weighted by atomic mass is 10.0. The number of benzene rings is 1. The second-order valence-electron chi connectivity index (χ2n) is 6.99. The summed E-state index contributed by atoms with van der Waals surface area (Å²) >= 11 is 0. The molecule has 1 aromatic carbocycles. The van der Waals surface area contributed by atoms with E-state index in [4.69, 9.17) is 0 Å². The van der Waals surface area contributed by atoms with Gasteiger partial charge in [0.05, 0.1) is 17.2 Å². The van der Waals surface area contributed by atoms with Crippen molar-refractivity contribution in [3.05, 3.63) is 41.1 Å². The van der Waals surface area contributed by atoms with Crippen LogP contribution in [0.15, 0.2) is 24.3 Å². The van der Waals surface area contributed by atoms with Gasteiger partial charge in [0.25, 0.3) is 5.91 Å². The summed E-state index contributed by atoms with van der Waals surface area (Å²) < 4.78 is 25.2. The molecule has 0 bridgehead atoms. The summed E-state index contributed by atoms with van der Waals surface area (Å²) in [5.74, 6) is -0.0126. The maximum atomic E-state index is 12.9. The second kappa shape index (κ2) is 6.87. The number of hydrogen-bond acceptors (Lipinski definition) is 4. The van der Waals surface area contributed by atoms with Crippen LogP contribution in [0.5, 0.6) is 0 Å². The van der Waals surface area contributed by atoms with Gasteiger partial charge in [-0.05, 0) is 50.5 Å². The zero-order valence-electron chi connectivity index (χ0n) is 15.7. The predicted octanol–water partition coefficient (Wildman–Crippen LogP) is 2.35. The third-order valence-corrected chi connectivity index (χ3v) is 6.90. The van der Waals surface area contributed by atoms with Gasteiger partial charge in [-0.2, -0.15) is 5.10 Å². The zero-order valence-corrected chi connectivity index (χ0v) is 16.5. The summed E-state index contributed by atoms with van der Waals surface area (Å²) in [5, 5.41) is 4.39. The fourth-order valence-corrected chi connectivity index (χ4v) is 5.21. The number of aryl methyl sites for hydroxylation is 3. The number of rotatable bonds is 4. The molecule has 3 rings (SSSR count). The molecule has 1 aromatic heterocycles. The zero-order chi connectivity index (χ0) is 19.1. The summed E-state index contributed by atoms with van der Waals surface area (Å²) in [6.07, 6.45) is 0.499. The van der Waals surface area contributed by atoms with E-state index < -0.39 is 9.84 Å². The topological polar surface area (TPSA) is 72.3 Å². The molecule has 0 aliphatic carbocycles. The molecule has 2 heterocycles. The van der Waals surface area contributed by atoms with Gasteiger partial charge in [-0.3, -0.25) is 9.48 Å². The first-order valence-electron chi connectivity index (χ1n) is 8.85. The molecule has 140 valence electrons. The van der Waals surface area contributed by atoms with Crippen LogP contribution in [0.1, 0.15) is 35.0 Å². The van der Waals surface area contributed by atoms with Crippen molar-refractivity contribution in [2.24, 2.45) is 7.05 Å². The highest BCUT2D eigenvalue weighted by atomic mass is 32.2. The van der Waals surface area contributed by atoms with Gasteiger partial charge in [-0.25, -0.2) is 8.42 Å². The van der Waals surface area contributed by atoms with Crippen LogP contribution in [0, 0.1) is 13.8 Å². The summed E-state index contributed by atoms with van der Waals surface area (Å²) in [5.41, 5.74) is 4.63. The van der Waals surface area contributed by atoms with Gasteiger partial charge in [0.1, 0.15) is 0 Å². The second-order valence-corrected chi connectivity index (χ2v) is 9.21. The fraction of sp³-hybridized carbons (Fsp3) is 0.474. The summed E-state index contributed by atoms with van der Waals surface area (Å²) in [6, 6.07) is 7.69. The van der Waals surface area contributed by atoms with Crippen LogP contribution in [-0.4, -0.2) is 53.1 Å². The Bertz CT molecular complexity index is 947. The smallest absolute Gasteiger partial charge is 0.274 e. The summed E-state index contributed by atoms with van der Waals surface area (Å²) in [7, 11) is -1.22. The number of hydrogen-bond donors (Lipinski definition) is 0. The molecule has 0 N–H and O–H groups in total. The Hall–Kier alpha value is -2.15. The number of amides is 1. The third kappa shape index (κ3) is 3.53. The highest BCUT2D eigenvalue weighted by molar-refractivity contribution is 7.91. The molecule has 1 aliphatic rings. The van der Waals surface area contributed by atoms with Gasteiger partial charge in [0.15, 0.2) is 15.5 Å². The number of carbonyl (C=O) groups is 1. The number of sulfone groups is 1. The largest absolute Gasteiger partial charge is 0.333 e. The molecule has 26 heavy (non-hydrogen) atoms. The summed E-state index contributed by atoms with van der Waals surface area (Å²) in [4.78, 5) is 14.6. The quantitative estimate of drug-likeness (QED) is 0.822. The first-order chi connectivity index (χ1) is 12.2. The van der Waals surface area contributed by atoms with Crippen LogP contribution >= 0.6 is 0 Å². The molecular weight excluding hydrogens is 350 g/mol. The third-order valence-electron chi connectivity index (χ3n) is 5.15. The Morgan fingerprint density at radius 2 is 2.00 bits per heavy atom. The molecule has 0 spiro atoms. The van der Waals surface area contributed by atoms with Crippen molar-refractivity contribution in [2.75, 3.05) is 18.1 Å². The van der Waals surface area contributed by atoms with Crippen molar-refractivity contribution in [3.63, 3.8) is 0 Å². The van der Waals surface area contributed by atoms with Gasteiger partial charge in [0.2, 0.25) is 0 Å². The van der Waals surface area contributed by atoms with Crippen molar-refractivity contribution in [3.8, 4) is 11.3 Å². The van der Waals surface area contributed by atoms with Crippen LogP contribution < -0.4 is 0 Å². The molecule has 6 nitrogen and oxygen atoms in total. The minimum atomic E-state index is -3.04. The van der Waals surface area contributed by atoms with Gasteiger partial charge in [-0.1, -0.05) is 12.1 Å². The van der Waals surface area contributed by atoms with E-state index in [1.165, 1.54) is 11.1 Å². The van der Waals surface area contributed by atoms with Crippen LogP contribution in [0.25, 0.3) is 11.3 Å². The minimum Gasteiger partial charge on any atom is -0.333 e. The Kier molecular flexibility index (Phi) is 4.92. The predicted molar refractivity (Wildman–Crippen MR) is 102 cm³/mol. The lowest BCUT2D eigenvalue weighted by Gasteiger charge is -2.25. The van der Waals surface area contributed by atoms with Crippen molar-refractivity contribution >= 4 is 15.7 Å². The molecule has 1 fully saturated rings. The van der Waals surface area contributed by atoms with Crippen molar-refractivity contribution in [1.82, 2.24) is 14.7 Å². The Labute approximate surface area is 154 Å². The van der Waals surface area contributed by atoms with E-state index in [1.807, 2.05) is 20.0 Å². The molecule has 1 saturated heterocycles. The van der Waals surface area contributed by atoms with Crippen LogP contribution in [-0.2, 0) is 16.9 Å². The number of aromatic nitrogens is 2. The maximum Gasteiger partial charge on any atom is 0.274 e. The molecule has 1 aliphatic heterocycles. The highest BCUT2D eigenvalue weighted by Gasteiger charge is 2.35. The monoisotopic (exact) mass is 375 g/mol. The highest BCUT2D eigenvalue weighted by Crippen LogP contribution is 2.25. The lowest BCUT2D eigenvalue weighted by Crippen LogP contribution is -2.41. The maximum absolute atomic E-state index is 12.9. The first-order valence-corrected chi connectivity index (χ1v) is 10.7. The SMILES string of the molecule is CCN(C(=O)c1cc(-c2ccc(C)c(C)c2)n(C)n1)C1CCS(=O)(=O)C1. The molecular formula is C19H25N3O3S. The molecule has 0 radical (unpaired) electrons. The minimum absolute atomic E-state index is 0.0451. The fourth-order valence-electron chi connectivity index (χ4n) is 3.48. The number of carbonyl (C=O) groups excluding carboxylic acids is 1. The van der Waals surface area contributed by atoms with E-state index >= 15 is 0 Å². The van der Waals surface area contributed by atoms with Crippen LogP contribution in [0.2, 0.25) is 0 Å². The Morgan fingerprint density at radius 3 is 2.58 bits per heavy atom. The van der Waals surface area contributed by atoms with E-state index in [1.54, 1.807) is 15.6 Å². The van der Waals surface area contributed by atoms with E-state index in [0.29, 0.717) is 18.7 Å². The molecule has 2 aromatic rings. The van der Waals surface area contributed by atoms with Crippen LogP contribution in [0.4, 0.5) is 0 Å². The van der Waals surface area contributed by atoms with Gasteiger partial charge < -0.3 is 4.90 Å². The lowest BCUT2D eigenvalue weighted by molar-refractivity contribution is 0.0701. The molecule has 1 atom stereocenters. The molecule has 1 amide bonds. The summed E-state index contributed by atoms with van der Waals surface area (Å²) in [6.45, 7) is 6.46. The number of nitrogens with zero attached hydrogens (tertiary/aromatic N) is 3.